The van der Waals surface area contributed by atoms with Crippen LogP contribution in [0.1, 0.15) is 0 Å². The Balaban J connectivity index is 1.18. The van der Waals surface area contributed by atoms with Crippen LogP contribution in [0.5, 0.6) is 0 Å². The summed E-state index contributed by atoms with van der Waals surface area (Å²) in [5, 5.41) is 7.37. The molecule has 222 valence electrons. The fourth-order valence-corrected chi connectivity index (χ4v) is 7.96. The van der Waals surface area contributed by atoms with E-state index in [-0.39, 0.29) is 0 Å². The summed E-state index contributed by atoms with van der Waals surface area (Å²) in [6, 6.07) is 52.7. The van der Waals surface area contributed by atoms with Gasteiger partial charge in [-0.2, -0.15) is 0 Å². The minimum absolute atomic E-state index is 1.01. The number of hydrogen-bond donors (Lipinski definition) is 0. The van der Waals surface area contributed by atoms with Gasteiger partial charge in [-0.3, -0.25) is 9.97 Å². The molecule has 0 aliphatic carbocycles. The lowest BCUT2D eigenvalue weighted by atomic mass is 9.97. The van der Waals surface area contributed by atoms with E-state index in [0.29, 0.717) is 0 Å². The van der Waals surface area contributed by atoms with Crippen molar-refractivity contribution in [1.29, 1.82) is 0 Å². The van der Waals surface area contributed by atoms with Crippen LogP contribution in [-0.4, -0.2) is 18.9 Å². The zero-order chi connectivity index (χ0) is 31.3. The average Bonchev–Trinajstić information content (AvgIpc) is 3.79. The van der Waals surface area contributed by atoms with Crippen LogP contribution < -0.4 is 0 Å². The van der Waals surface area contributed by atoms with Gasteiger partial charge in [0.15, 0.2) is 0 Å². The van der Waals surface area contributed by atoms with Crippen LogP contribution in [0.4, 0.5) is 0 Å². The van der Waals surface area contributed by atoms with Crippen LogP contribution in [0.2, 0.25) is 0 Å². The molecule has 4 heteroatoms. The number of para-hydroxylation sites is 2. The molecule has 6 aromatic carbocycles. The Kier molecular flexibility index (Phi) is 5.08. The SMILES string of the molecule is c1ccc(-n2c3ccc(-c4cc5c6ccccc6n6c7ccc(-c8ccc9cccnc9c8)cc7c(c4)c56)cc3c3ncccc32)cc1. The number of rotatable bonds is 3. The molecule has 11 rings (SSSR count). The molecule has 0 fully saturated rings. The maximum atomic E-state index is 4.87. The summed E-state index contributed by atoms with van der Waals surface area (Å²) in [4.78, 5) is 9.50. The number of hydrogen-bond acceptors (Lipinski definition) is 2. The first kappa shape index (κ1) is 25.6. The first-order valence-electron chi connectivity index (χ1n) is 16.3. The minimum Gasteiger partial charge on any atom is -0.308 e. The van der Waals surface area contributed by atoms with E-state index in [1.54, 1.807) is 0 Å². The summed E-state index contributed by atoms with van der Waals surface area (Å²) in [5.41, 5.74) is 13.9. The molecule has 5 heterocycles. The summed E-state index contributed by atoms with van der Waals surface area (Å²) >= 11 is 0. The Hall–Kier alpha value is -6.52. The quantitative estimate of drug-likeness (QED) is 0.199. The van der Waals surface area contributed by atoms with Gasteiger partial charge in [0.05, 0.1) is 38.6 Å². The number of nitrogens with zero attached hydrogens (tertiary/aromatic N) is 4. The molecule has 48 heavy (non-hydrogen) atoms. The second kappa shape index (κ2) is 9.50. The molecule has 4 nitrogen and oxygen atoms in total. The van der Waals surface area contributed by atoms with E-state index in [4.69, 9.17) is 4.98 Å². The molecule has 11 aromatic rings. The number of pyridine rings is 2. The number of aromatic nitrogens is 4. The van der Waals surface area contributed by atoms with Crippen LogP contribution in [0.3, 0.4) is 0 Å². The van der Waals surface area contributed by atoms with Crippen molar-refractivity contribution in [2.45, 2.75) is 0 Å². The molecule has 0 unspecified atom stereocenters. The molecule has 0 N–H and O–H groups in total. The van der Waals surface area contributed by atoms with E-state index in [1.807, 2.05) is 24.5 Å². The number of benzene rings is 6. The standard InChI is InChI=1S/C44H26N4/c1-2-9-32(10-3-1)47-41-19-17-29(23-37(41)43-42(47)13-7-21-46-43)31-24-35-33-11-4-5-12-39(33)48-40-18-16-28(22-34(40)36(25-31)44(35)48)30-15-14-27-8-6-20-45-38(27)26-30/h1-26H. The van der Waals surface area contributed by atoms with Gasteiger partial charge in [0.25, 0.3) is 0 Å². The van der Waals surface area contributed by atoms with Crippen molar-refractivity contribution in [2.75, 3.05) is 0 Å². The normalized spacial score (nSPS) is 12.2. The van der Waals surface area contributed by atoms with Crippen molar-refractivity contribution in [1.82, 2.24) is 18.9 Å². The summed E-state index contributed by atoms with van der Waals surface area (Å²) in [6.07, 6.45) is 3.76. The molecule has 0 atom stereocenters. The van der Waals surface area contributed by atoms with Crippen LogP contribution in [0.25, 0.3) is 98.9 Å². The second-order valence-electron chi connectivity index (χ2n) is 12.7. The second-order valence-corrected chi connectivity index (χ2v) is 12.7. The Morgan fingerprint density at radius 1 is 0.396 bits per heavy atom. The monoisotopic (exact) mass is 610 g/mol. The lowest BCUT2D eigenvalue weighted by Crippen LogP contribution is -1.93. The van der Waals surface area contributed by atoms with Gasteiger partial charge in [0.2, 0.25) is 0 Å². The van der Waals surface area contributed by atoms with Crippen LogP contribution in [-0.2, 0) is 0 Å². The molecule has 0 amide bonds. The smallest absolute Gasteiger partial charge is 0.0963 e. The fraction of sp³-hybridized carbons (Fsp3) is 0. The highest BCUT2D eigenvalue weighted by Gasteiger charge is 2.20. The van der Waals surface area contributed by atoms with E-state index in [1.165, 1.54) is 60.3 Å². The van der Waals surface area contributed by atoms with Gasteiger partial charge in [-0.15, -0.1) is 0 Å². The van der Waals surface area contributed by atoms with Gasteiger partial charge >= 0.3 is 0 Å². The Morgan fingerprint density at radius 3 is 1.96 bits per heavy atom. The lowest BCUT2D eigenvalue weighted by Gasteiger charge is -2.08. The molecule has 0 radical (unpaired) electrons. The first-order chi connectivity index (χ1) is 23.8. The largest absolute Gasteiger partial charge is 0.308 e. The van der Waals surface area contributed by atoms with Gasteiger partial charge in [0.1, 0.15) is 0 Å². The van der Waals surface area contributed by atoms with Gasteiger partial charge in [-0.25, -0.2) is 0 Å². The Bertz CT molecular complexity index is 3060. The molecular weight excluding hydrogens is 585 g/mol. The highest BCUT2D eigenvalue weighted by Crippen LogP contribution is 2.43. The third-order valence-electron chi connectivity index (χ3n) is 10.1. The van der Waals surface area contributed by atoms with Gasteiger partial charge in [-0.05, 0) is 101 Å². The molecule has 0 spiro atoms. The molecular formula is C44H26N4. The highest BCUT2D eigenvalue weighted by molar-refractivity contribution is 6.25. The predicted molar refractivity (Wildman–Crippen MR) is 199 cm³/mol. The van der Waals surface area contributed by atoms with E-state index in [0.717, 1.165) is 38.5 Å². The van der Waals surface area contributed by atoms with E-state index in [2.05, 4.69) is 147 Å². The average molecular weight is 611 g/mol. The summed E-state index contributed by atoms with van der Waals surface area (Å²) < 4.78 is 4.77. The van der Waals surface area contributed by atoms with Gasteiger partial charge in [0, 0.05) is 50.4 Å². The van der Waals surface area contributed by atoms with E-state index >= 15 is 0 Å². The topological polar surface area (TPSA) is 35.1 Å². The highest BCUT2D eigenvalue weighted by atomic mass is 15.0. The van der Waals surface area contributed by atoms with Crippen molar-refractivity contribution in [3.63, 3.8) is 0 Å². The fourth-order valence-electron chi connectivity index (χ4n) is 7.96. The Labute approximate surface area is 275 Å². The van der Waals surface area contributed by atoms with E-state index in [9.17, 15) is 0 Å². The minimum atomic E-state index is 1.01. The van der Waals surface area contributed by atoms with Crippen LogP contribution in [0.15, 0.2) is 158 Å². The van der Waals surface area contributed by atoms with Crippen molar-refractivity contribution in [3.05, 3.63) is 158 Å². The first-order valence-corrected chi connectivity index (χ1v) is 16.3. The third-order valence-corrected chi connectivity index (χ3v) is 10.1. The van der Waals surface area contributed by atoms with Crippen molar-refractivity contribution < 1.29 is 0 Å². The summed E-state index contributed by atoms with van der Waals surface area (Å²) in [7, 11) is 0. The van der Waals surface area contributed by atoms with Crippen molar-refractivity contribution in [3.8, 4) is 27.9 Å². The summed E-state index contributed by atoms with van der Waals surface area (Å²) in [5.74, 6) is 0. The zero-order valence-corrected chi connectivity index (χ0v) is 25.8. The maximum Gasteiger partial charge on any atom is 0.0963 e. The predicted octanol–water partition coefficient (Wildman–Crippen LogP) is 11.2. The molecule has 0 saturated carbocycles. The lowest BCUT2D eigenvalue weighted by molar-refractivity contribution is 1.18. The molecule has 0 bridgehead atoms. The summed E-state index contributed by atoms with van der Waals surface area (Å²) in [6.45, 7) is 0. The van der Waals surface area contributed by atoms with Crippen LogP contribution >= 0.6 is 0 Å². The third kappa shape index (κ3) is 3.49. The van der Waals surface area contributed by atoms with E-state index < -0.39 is 0 Å². The van der Waals surface area contributed by atoms with Crippen LogP contribution in [0, 0.1) is 0 Å². The van der Waals surface area contributed by atoms with Crippen molar-refractivity contribution >= 4 is 70.9 Å². The zero-order valence-electron chi connectivity index (χ0n) is 25.8. The Morgan fingerprint density at radius 2 is 1.04 bits per heavy atom. The maximum absolute atomic E-state index is 4.87. The molecule has 0 aliphatic heterocycles. The molecule has 0 aliphatic rings. The van der Waals surface area contributed by atoms with Crippen molar-refractivity contribution in [2.24, 2.45) is 0 Å². The van der Waals surface area contributed by atoms with Gasteiger partial charge in [-0.1, -0.05) is 66.7 Å². The van der Waals surface area contributed by atoms with Gasteiger partial charge < -0.3 is 8.97 Å². The molecule has 5 aromatic heterocycles. The number of fused-ring (bicyclic) bond motifs is 10. The molecule has 0 saturated heterocycles.